The highest BCUT2D eigenvalue weighted by molar-refractivity contribution is 9.10. The van der Waals surface area contributed by atoms with Gasteiger partial charge in [-0.25, -0.2) is 4.39 Å². The molecule has 2 rings (SSSR count). The van der Waals surface area contributed by atoms with Gasteiger partial charge in [0.1, 0.15) is 5.82 Å². The number of benzene rings is 1. The fourth-order valence-corrected chi connectivity index (χ4v) is 2.73. The Kier molecular flexibility index (Phi) is 5.34. The Morgan fingerprint density at radius 3 is 2.84 bits per heavy atom. The minimum absolute atomic E-state index is 0.229. The zero-order valence-corrected chi connectivity index (χ0v) is 12.4. The average molecular weight is 329 g/mol. The Morgan fingerprint density at radius 1 is 1.37 bits per heavy atom. The molecule has 19 heavy (non-hydrogen) atoms. The fourth-order valence-electron chi connectivity index (χ4n) is 2.29. The van der Waals surface area contributed by atoms with Gasteiger partial charge in [-0.15, -0.1) is 0 Å². The van der Waals surface area contributed by atoms with Crippen molar-refractivity contribution in [2.75, 3.05) is 26.2 Å². The highest BCUT2D eigenvalue weighted by Gasteiger charge is 2.13. The van der Waals surface area contributed by atoms with Gasteiger partial charge in [0.15, 0.2) is 0 Å². The molecular weight excluding hydrogens is 311 g/mol. The van der Waals surface area contributed by atoms with Crippen molar-refractivity contribution in [3.63, 3.8) is 0 Å². The summed E-state index contributed by atoms with van der Waals surface area (Å²) in [6.45, 7) is 3.98. The molecule has 5 heteroatoms. The van der Waals surface area contributed by atoms with Crippen LogP contribution in [0.25, 0.3) is 0 Å². The number of rotatable bonds is 5. The normalized spacial score (nSPS) is 15.7. The van der Waals surface area contributed by atoms with Gasteiger partial charge in [-0.2, -0.15) is 0 Å². The predicted octanol–water partition coefficient (Wildman–Crippen LogP) is 2.80. The molecule has 0 aliphatic carbocycles. The van der Waals surface area contributed by atoms with Crippen LogP contribution in [0.4, 0.5) is 4.39 Å². The van der Waals surface area contributed by atoms with Crippen molar-refractivity contribution in [3.8, 4) is 0 Å². The molecule has 1 N–H and O–H groups in total. The van der Waals surface area contributed by atoms with E-state index >= 15 is 0 Å². The number of nitrogens with zero attached hydrogens (tertiary/aromatic N) is 1. The lowest BCUT2D eigenvalue weighted by molar-refractivity contribution is 0.0950. The summed E-state index contributed by atoms with van der Waals surface area (Å²) in [6.07, 6.45) is 3.49. The second kappa shape index (κ2) is 7.01. The molecule has 1 aliphatic heterocycles. The molecule has 1 aromatic carbocycles. The van der Waals surface area contributed by atoms with Crippen LogP contribution in [0.2, 0.25) is 0 Å². The fraction of sp³-hybridized carbons (Fsp3) is 0.500. The second-order valence-electron chi connectivity index (χ2n) is 4.76. The van der Waals surface area contributed by atoms with Crippen molar-refractivity contribution < 1.29 is 9.18 Å². The first-order valence-electron chi connectivity index (χ1n) is 6.63. The predicted molar refractivity (Wildman–Crippen MR) is 76.7 cm³/mol. The lowest BCUT2D eigenvalue weighted by atomic mass is 10.2. The molecule has 0 spiro atoms. The number of halogens is 2. The van der Waals surface area contributed by atoms with Crippen LogP contribution in [0, 0.1) is 5.82 Å². The van der Waals surface area contributed by atoms with Gasteiger partial charge in [0.25, 0.3) is 5.91 Å². The van der Waals surface area contributed by atoms with Crippen LogP contribution in [-0.2, 0) is 0 Å². The molecule has 104 valence electrons. The van der Waals surface area contributed by atoms with Crippen LogP contribution in [0.15, 0.2) is 22.7 Å². The molecule has 1 aromatic rings. The first-order valence-corrected chi connectivity index (χ1v) is 7.42. The third kappa shape index (κ3) is 4.01. The van der Waals surface area contributed by atoms with Crippen molar-refractivity contribution in [2.45, 2.75) is 19.3 Å². The van der Waals surface area contributed by atoms with E-state index in [0.717, 1.165) is 13.0 Å². The van der Waals surface area contributed by atoms with Gasteiger partial charge < -0.3 is 10.2 Å². The summed E-state index contributed by atoms with van der Waals surface area (Å²) in [5.41, 5.74) is 0.348. The quantitative estimate of drug-likeness (QED) is 0.843. The van der Waals surface area contributed by atoms with Crippen molar-refractivity contribution in [2.24, 2.45) is 0 Å². The van der Waals surface area contributed by atoms with Crippen molar-refractivity contribution in [3.05, 3.63) is 34.1 Å². The van der Waals surface area contributed by atoms with E-state index in [9.17, 15) is 9.18 Å². The van der Waals surface area contributed by atoms with E-state index in [2.05, 4.69) is 26.1 Å². The van der Waals surface area contributed by atoms with Gasteiger partial charge in [0, 0.05) is 6.54 Å². The zero-order chi connectivity index (χ0) is 13.7. The van der Waals surface area contributed by atoms with Crippen LogP contribution in [0.1, 0.15) is 29.6 Å². The van der Waals surface area contributed by atoms with Gasteiger partial charge in [0.05, 0.1) is 10.0 Å². The van der Waals surface area contributed by atoms with E-state index in [4.69, 9.17) is 0 Å². The molecular formula is C14H18BrFN2O. The lowest BCUT2D eigenvalue weighted by Crippen LogP contribution is -2.28. The number of nitrogens with one attached hydrogen (secondary N) is 1. The van der Waals surface area contributed by atoms with Crippen LogP contribution in [0.3, 0.4) is 0 Å². The summed E-state index contributed by atoms with van der Waals surface area (Å²) in [6, 6.07) is 4.48. The molecule has 0 unspecified atom stereocenters. The summed E-state index contributed by atoms with van der Waals surface area (Å²) < 4.78 is 13.5. The number of hydrogen-bond donors (Lipinski definition) is 1. The van der Waals surface area contributed by atoms with E-state index in [1.54, 1.807) is 12.1 Å². The maximum atomic E-state index is 13.3. The maximum Gasteiger partial charge on any atom is 0.252 e. The molecule has 0 radical (unpaired) electrons. The molecule has 3 nitrogen and oxygen atoms in total. The first kappa shape index (κ1) is 14.5. The van der Waals surface area contributed by atoms with E-state index in [1.807, 2.05) is 0 Å². The highest BCUT2D eigenvalue weighted by Crippen LogP contribution is 2.20. The summed E-state index contributed by atoms with van der Waals surface area (Å²) in [5, 5.41) is 2.83. The summed E-state index contributed by atoms with van der Waals surface area (Å²) >= 11 is 3.10. The Bertz CT molecular complexity index is 447. The van der Waals surface area contributed by atoms with Crippen LogP contribution >= 0.6 is 15.9 Å². The Morgan fingerprint density at radius 2 is 2.11 bits per heavy atom. The van der Waals surface area contributed by atoms with Gasteiger partial charge in [-0.05, 0) is 67.0 Å². The largest absolute Gasteiger partial charge is 0.352 e. The summed E-state index contributed by atoms with van der Waals surface area (Å²) in [4.78, 5) is 14.3. The van der Waals surface area contributed by atoms with Gasteiger partial charge in [0.2, 0.25) is 0 Å². The smallest absolute Gasteiger partial charge is 0.252 e. The van der Waals surface area contributed by atoms with E-state index in [1.165, 1.54) is 32.0 Å². The van der Waals surface area contributed by atoms with E-state index in [0.29, 0.717) is 12.1 Å². The number of carbonyl (C=O) groups is 1. The Hall–Kier alpha value is -0.940. The molecule has 0 aromatic heterocycles. The van der Waals surface area contributed by atoms with Crippen molar-refractivity contribution in [1.29, 1.82) is 0 Å². The van der Waals surface area contributed by atoms with Crippen LogP contribution in [-0.4, -0.2) is 37.0 Å². The zero-order valence-electron chi connectivity index (χ0n) is 10.8. The van der Waals surface area contributed by atoms with E-state index in [-0.39, 0.29) is 10.4 Å². The molecule has 0 saturated carbocycles. The van der Waals surface area contributed by atoms with Crippen LogP contribution < -0.4 is 5.32 Å². The molecule has 1 saturated heterocycles. The van der Waals surface area contributed by atoms with Gasteiger partial charge in [-0.1, -0.05) is 6.07 Å². The maximum absolute atomic E-state index is 13.3. The number of hydrogen-bond acceptors (Lipinski definition) is 2. The molecule has 0 atom stereocenters. The van der Waals surface area contributed by atoms with Gasteiger partial charge in [-0.3, -0.25) is 4.79 Å². The highest BCUT2D eigenvalue weighted by atomic mass is 79.9. The van der Waals surface area contributed by atoms with Gasteiger partial charge >= 0.3 is 0 Å². The topological polar surface area (TPSA) is 32.3 Å². The average Bonchev–Trinajstić information content (AvgIpc) is 2.91. The number of amides is 1. The summed E-state index contributed by atoms with van der Waals surface area (Å²) in [5.74, 6) is -0.641. The molecule has 1 amide bonds. The Balaban J connectivity index is 1.76. The Labute approximate surface area is 121 Å². The van der Waals surface area contributed by atoms with Crippen LogP contribution in [0.5, 0.6) is 0 Å². The minimum Gasteiger partial charge on any atom is -0.352 e. The molecule has 0 bridgehead atoms. The standard InChI is InChI=1S/C14H18BrFN2O/c15-13-11(5-3-6-12(13)16)14(19)17-7-4-10-18-8-1-2-9-18/h3,5-6H,1-2,4,7-10H2,(H,17,19). The molecule has 1 heterocycles. The second-order valence-corrected chi connectivity index (χ2v) is 5.55. The molecule has 1 fully saturated rings. The summed E-state index contributed by atoms with van der Waals surface area (Å²) in [7, 11) is 0. The lowest BCUT2D eigenvalue weighted by Gasteiger charge is -2.14. The SMILES string of the molecule is O=C(NCCCN1CCCC1)c1cccc(F)c1Br. The number of carbonyl (C=O) groups excluding carboxylic acids is 1. The van der Waals surface area contributed by atoms with Crippen molar-refractivity contribution in [1.82, 2.24) is 10.2 Å². The van der Waals surface area contributed by atoms with E-state index < -0.39 is 5.82 Å². The number of likely N-dealkylation sites (tertiary alicyclic amines) is 1. The first-order chi connectivity index (χ1) is 9.18. The third-order valence-corrected chi connectivity index (χ3v) is 4.14. The monoisotopic (exact) mass is 328 g/mol. The minimum atomic E-state index is -0.412. The molecule has 1 aliphatic rings. The van der Waals surface area contributed by atoms with Crippen molar-refractivity contribution >= 4 is 21.8 Å². The third-order valence-electron chi connectivity index (χ3n) is 3.33.